The molecule has 0 saturated heterocycles. The molecule has 0 fully saturated rings. The molecule has 0 aromatic heterocycles. The molecule has 0 unspecified atom stereocenters. The fourth-order valence-corrected chi connectivity index (χ4v) is 0.133. The minimum Gasteiger partial charge on any atom is -0.289 e. The summed E-state index contributed by atoms with van der Waals surface area (Å²) in [6.07, 6.45) is 5.19. The van der Waals surface area contributed by atoms with Gasteiger partial charge in [-0.25, -0.2) is 0 Å². The predicted octanol–water partition coefficient (Wildman–Crippen LogP) is -0.175. The molecular formula is C7H2O. The molecular weight excluding hydrogens is 100 g/mol. The van der Waals surface area contributed by atoms with Crippen LogP contribution in [0.1, 0.15) is 0 Å². The van der Waals surface area contributed by atoms with Crippen molar-refractivity contribution in [2.24, 2.45) is 0 Å². The van der Waals surface area contributed by atoms with Crippen molar-refractivity contribution in [3.05, 3.63) is 0 Å². The molecule has 36 valence electrons. The lowest BCUT2D eigenvalue weighted by Crippen LogP contribution is -1.56. The van der Waals surface area contributed by atoms with Crippen LogP contribution in [0.5, 0.6) is 0 Å². The summed E-state index contributed by atoms with van der Waals surface area (Å²) in [5.41, 5.74) is 0. The molecule has 0 spiro atoms. The Bertz CT molecular complexity index is 221. The number of hydrogen-bond donors (Lipinski definition) is 0. The highest BCUT2D eigenvalue weighted by Gasteiger charge is 1.52. The monoisotopic (exact) mass is 102 g/mol. The first-order valence-electron chi connectivity index (χ1n) is 1.81. The van der Waals surface area contributed by atoms with Gasteiger partial charge in [0, 0.05) is 0 Å². The molecule has 0 saturated carbocycles. The van der Waals surface area contributed by atoms with Gasteiger partial charge < -0.3 is 0 Å². The van der Waals surface area contributed by atoms with E-state index < -0.39 is 0 Å². The highest BCUT2D eigenvalue weighted by atomic mass is 16.1. The smallest absolute Gasteiger partial charge is 0.193 e. The number of hydrogen-bond acceptors (Lipinski definition) is 1. The van der Waals surface area contributed by atoms with E-state index >= 15 is 0 Å². The standard InChI is InChI=1S/C7H2O/c1-2-3-4-5-6-7-8/h1,7H. The summed E-state index contributed by atoms with van der Waals surface area (Å²) < 4.78 is 0. The van der Waals surface area contributed by atoms with E-state index in [-0.39, 0.29) is 0 Å². The Morgan fingerprint density at radius 2 is 2.00 bits per heavy atom. The Hall–Kier alpha value is -1.65. The van der Waals surface area contributed by atoms with E-state index in [1.54, 1.807) is 0 Å². The lowest BCUT2D eigenvalue weighted by atomic mass is 10.5. The Morgan fingerprint density at radius 3 is 2.50 bits per heavy atom. The van der Waals surface area contributed by atoms with Crippen LogP contribution in [0.25, 0.3) is 0 Å². The van der Waals surface area contributed by atoms with Gasteiger partial charge in [-0.2, -0.15) is 0 Å². The van der Waals surface area contributed by atoms with Crippen molar-refractivity contribution < 1.29 is 4.79 Å². The van der Waals surface area contributed by atoms with Gasteiger partial charge in [0.05, 0.1) is 0 Å². The summed E-state index contributed by atoms with van der Waals surface area (Å²) >= 11 is 0. The third kappa shape index (κ3) is 4.35. The number of carbonyl (C=O) groups is 1. The predicted molar refractivity (Wildman–Crippen MR) is 30.4 cm³/mol. The first-order valence-corrected chi connectivity index (χ1v) is 1.81. The van der Waals surface area contributed by atoms with E-state index in [0.29, 0.717) is 6.29 Å². The zero-order valence-electron chi connectivity index (χ0n) is 4.06. The second-order valence-corrected chi connectivity index (χ2v) is 0.782. The van der Waals surface area contributed by atoms with E-state index in [0.717, 1.165) is 0 Å². The number of terminal acetylenes is 1. The van der Waals surface area contributed by atoms with Crippen molar-refractivity contribution in [1.29, 1.82) is 0 Å². The van der Waals surface area contributed by atoms with Gasteiger partial charge in [0.2, 0.25) is 0 Å². The van der Waals surface area contributed by atoms with E-state index in [2.05, 4.69) is 23.7 Å². The fraction of sp³-hybridized carbons (Fsp3) is 0. The van der Waals surface area contributed by atoms with Gasteiger partial charge in [0.15, 0.2) is 6.29 Å². The van der Waals surface area contributed by atoms with Crippen LogP contribution in [0.2, 0.25) is 0 Å². The Kier molecular flexibility index (Phi) is 4.25. The highest BCUT2D eigenvalue weighted by molar-refractivity contribution is 5.73. The third-order valence-corrected chi connectivity index (χ3v) is 0.328. The number of carbonyl (C=O) groups excluding carboxylic acids is 1. The molecule has 0 rings (SSSR count). The van der Waals surface area contributed by atoms with Crippen LogP contribution in [-0.4, -0.2) is 6.29 Å². The van der Waals surface area contributed by atoms with Crippen molar-refractivity contribution in [1.82, 2.24) is 0 Å². The molecule has 0 aliphatic heterocycles. The molecule has 1 nitrogen and oxygen atoms in total. The topological polar surface area (TPSA) is 17.1 Å². The van der Waals surface area contributed by atoms with Crippen LogP contribution < -0.4 is 0 Å². The Morgan fingerprint density at radius 1 is 1.25 bits per heavy atom. The molecule has 0 N–H and O–H groups in total. The molecule has 0 atom stereocenters. The van der Waals surface area contributed by atoms with Gasteiger partial charge in [-0.3, -0.25) is 4.79 Å². The van der Waals surface area contributed by atoms with Crippen LogP contribution >= 0.6 is 0 Å². The molecule has 0 amide bonds. The van der Waals surface area contributed by atoms with Crippen LogP contribution in [0, 0.1) is 36.0 Å². The molecule has 0 aromatic carbocycles. The fourth-order valence-electron chi connectivity index (χ4n) is 0.133. The lowest BCUT2D eigenvalue weighted by molar-refractivity contribution is -0.103. The zero-order chi connectivity index (χ0) is 6.24. The largest absolute Gasteiger partial charge is 0.289 e. The van der Waals surface area contributed by atoms with Crippen LogP contribution in [-0.2, 0) is 4.79 Å². The summed E-state index contributed by atoms with van der Waals surface area (Å²) in [6, 6.07) is 0. The summed E-state index contributed by atoms with van der Waals surface area (Å²) in [7, 11) is 0. The quantitative estimate of drug-likeness (QED) is 0.306. The van der Waals surface area contributed by atoms with Gasteiger partial charge in [-0.15, -0.1) is 6.42 Å². The van der Waals surface area contributed by atoms with Gasteiger partial charge in [-0.1, -0.05) is 0 Å². The first kappa shape index (κ1) is 6.35. The summed E-state index contributed by atoms with van der Waals surface area (Å²) in [4.78, 5) is 9.47. The van der Waals surface area contributed by atoms with Crippen molar-refractivity contribution >= 4 is 6.29 Å². The summed E-state index contributed by atoms with van der Waals surface area (Å²) in [6.45, 7) is 0. The zero-order valence-corrected chi connectivity index (χ0v) is 4.06. The minimum atomic E-state index is 0.463. The maximum Gasteiger partial charge on any atom is 0.193 e. The second kappa shape index (κ2) is 5.35. The molecule has 1 heteroatoms. The van der Waals surface area contributed by atoms with Gasteiger partial charge in [-0.05, 0) is 29.6 Å². The highest BCUT2D eigenvalue weighted by Crippen LogP contribution is 1.47. The van der Waals surface area contributed by atoms with E-state index in [1.807, 2.05) is 5.92 Å². The number of rotatable bonds is 0. The van der Waals surface area contributed by atoms with Crippen molar-refractivity contribution in [2.45, 2.75) is 0 Å². The van der Waals surface area contributed by atoms with Crippen LogP contribution in [0.4, 0.5) is 0 Å². The van der Waals surface area contributed by atoms with Gasteiger partial charge >= 0.3 is 0 Å². The minimum absolute atomic E-state index is 0.463. The first-order chi connectivity index (χ1) is 3.91. The lowest BCUT2D eigenvalue weighted by Gasteiger charge is -1.49. The van der Waals surface area contributed by atoms with Crippen LogP contribution in [0.3, 0.4) is 0 Å². The molecule has 0 aromatic rings. The molecule has 8 heavy (non-hydrogen) atoms. The molecule has 0 bridgehead atoms. The molecule has 0 aliphatic rings. The maximum atomic E-state index is 9.47. The Balaban J connectivity index is 3.79. The normalized spacial score (nSPS) is 3.88. The van der Waals surface area contributed by atoms with Crippen molar-refractivity contribution in [3.8, 4) is 36.0 Å². The van der Waals surface area contributed by atoms with Crippen molar-refractivity contribution in [3.63, 3.8) is 0 Å². The van der Waals surface area contributed by atoms with Gasteiger partial charge in [0.25, 0.3) is 0 Å². The summed E-state index contributed by atoms with van der Waals surface area (Å²) in [5, 5.41) is 0. The average Bonchev–Trinajstić information content (AvgIpc) is 1.81. The molecule has 0 radical (unpaired) electrons. The van der Waals surface area contributed by atoms with Crippen molar-refractivity contribution in [2.75, 3.05) is 0 Å². The van der Waals surface area contributed by atoms with E-state index in [4.69, 9.17) is 6.42 Å². The molecule has 0 aliphatic carbocycles. The third-order valence-electron chi connectivity index (χ3n) is 0.328. The Labute approximate surface area is 48.1 Å². The van der Waals surface area contributed by atoms with Crippen LogP contribution in [0.15, 0.2) is 0 Å². The van der Waals surface area contributed by atoms with Gasteiger partial charge in [0.1, 0.15) is 0 Å². The summed E-state index contributed by atoms with van der Waals surface area (Å²) in [5.74, 6) is 10.8. The van der Waals surface area contributed by atoms with E-state index in [9.17, 15) is 4.79 Å². The molecule has 0 heterocycles. The number of aldehydes is 1. The maximum absolute atomic E-state index is 9.47. The SMILES string of the molecule is C#CC#CC#CC=O. The second-order valence-electron chi connectivity index (χ2n) is 0.782. The van der Waals surface area contributed by atoms with E-state index in [1.165, 1.54) is 0 Å². The average molecular weight is 102 g/mol.